The Kier molecular flexibility index (Phi) is 7.61. The molecule has 1 heterocycles. The number of benzene rings is 2. The standard InChI is InChI=1S/C26H31N3O5/c1-6-33-24(30)21-16(2)29-19-11-8-12-20(22(19)23(21)27)34-15-26(3,4)25(31)28-14-17-9-7-10-18(13-17)32-5/h7-13H,6,14-15H2,1-5H3,(H2,27,29)(H,28,31). The summed E-state index contributed by atoms with van der Waals surface area (Å²) >= 11 is 0. The lowest BCUT2D eigenvalue weighted by molar-refractivity contribution is -0.131. The monoisotopic (exact) mass is 465 g/mol. The van der Waals surface area contributed by atoms with Crippen LogP contribution in [0.4, 0.5) is 5.69 Å². The van der Waals surface area contributed by atoms with Crippen molar-refractivity contribution in [2.45, 2.75) is 34.2 Å². The molecular weight excluding hydrogens is 434 g/mol. The molecule has 0 radical (unpaired) electrons. The van der Waals surface area contributed by atoms with E-state index in [9.17, 15) is 9.59 Å². The summed E-state index contributed by atoms with van der Waals surface area (Å²) < 4.78 is 16.4. The van der Waals surface area contributed by atoms with Gasteiger partial charge in [-0.3, -0.25) is 9.78 Å². The number of anilines is 1. The molecule has 34 heavy (non-hydrogen) atoms. The first-order valence-electron chi connectivity index (χ1n) is 11.1. The smallest absolute Gasteiger partial charge is 0.342 e. The molecule has 180 valence electrons. The van der Waals surface area contributed by atoms with Crippen LogP contribution < -0.4 is 20.5 Å². The van der Waals surface area contributed by atoms with Gasteiger partial charge in [0, 0.05) is 6.54 Å². The van der Waals surface area contributed by atoms with Crippen LogP contribution in [0.1, 0.15) is 42.4 Å². The fraction of sp³-hybridized carbons (Fsp3) is 0.346. The second-order valence-corrected chi connectivity index (χ2v) is 8.56. The molecule has 8 nitrogen and oxygen atoms in total. The number of nitrogen functional groups attached to an aromatic ring is 1. The molecule has 0 aliphatic heterocycles. The number of ether oxygens (including phenoxy) is 3. The van der Waals surface area contributed by atoms with Crippen LogP contribution in [-0.2, 0) is 16.1 Å². The summed E-state index contributed by atoms with van der Waals surface area (Å²) in [6, 6.07) is 12.9. The van der Waals surface area contributed by atoms with E-state index in [1.807, 2.05) is 24.3 Å². The van der Waals surface area contributed by atoms with Crippen molar-refractivity contribution in [3.63, 3.8) is 0 Å². The molecule has 3 aromatic rings. The third-order valence-corrected chi connectivity index (χ3v) is 5.46. The van der Waals surface area contributed by atoms with Gasteiger partial charge in [-0.2, -0.15) is 0 Å². The molecule has 0 spiro atoms. The summed E-state index contributed by atoms with van der Waals surface area (Å²) in [5.74, 6) is 0.485. The number of aromatic nitrogens is 1. The molecule has 0 unspecified atom stereocenters. The van der Waals surface area contributed by atoms with Gasteiger partial charge in [0.2, 0.25) is 5.91 Å². The van der Waals surface area contributed by atoms with Crippen LogP contribution in [0.25, 0.3) is 10.9 Å². The van der Waals surface area contributed by atoms with Crippen LogP contribution in [0.3, 0.4) is 0 Å². The predicted octanol–water partition coefficient (Wildman–Crippen LogP) is 4.03. The summed E-state index contributed by atoms with van der Waals surface area (Å²) in [5.41, 5.74) is 8.02. The van der Waals surface area contributed by atoms with Crippen LogP contribution in [0.15, 0.2) is 42.5 Å². The third-order valence-electron chi connectivity index (χ3n) is 5.46. The van der Waals surface area contributed by atoms with Crippen LogP contribution in [0.2, 0.25) is 0 Å². The maximum Gasteiger partial charge on any atom is 0.342 e. The molecule has 0 aliphatic rings. The number of fused-ring (bicyclic) bond motifs is 1. The zero-order valence-electron chi connectivity index (χ0n) is 20.2. The first-order valence-corrected chi connectivity index (χ1v) is 11.1. The predicted molar refractivity (Wildman–Crippen MR) is 131 cm³/mol. The molecule has 2 aromatic carbocycles. The van der Waals surface area contributed by atoms with Crippen molar-refractivity contribution >= 4 is 28.5 Å². The topological polar surface area (TPSA) is 113 Å². The fourth-order valence-electron chi connectivity index (χ4n) is 3.55. The number of esters is 1. The van der Waals surface area contributed by atoms with Crippen LogP contribution >= 0.6 is 0 Å². The highest BCUT2D eigenvalue weighted by atomic mass is 16.5. The normalized spacial score (nSPS) is 11.2. The van der Waals surface area contributed by atoms with Crippen LogP contribution in [0.5, 0.6) is 11.5 Å². The fourth-order valence-corrected chi connectivity index (χ4v) is 3.55. The molecule has 8 heteroatoms. The van der Waals surface area contributed by atoms with Crippen LogP contribution in [-0.4, -0.2) is 37.2 Å². The molecule has 0 fully saturated rings. The first kappa shape index (κ1) is 24.8. The van der Waals surface area contributed by atoms with E-state index in [-0.39, 0.29) is 30.4 Å². The van der Waals surface area contributed by atoms with E-state index in [0.717, 1.165) is 11.3 Å². The zero-order valence-corrected chi connectivity index (χ0v) is 20.2. The van der Waals surface area contributed by atoms with Crippen LogP contribution in [0, 0.1) is 12.3 Å². The molecule has 1 aromatic heterocycles. The minimum absolute atomic E-state index is 0.0954. The molecule has 0 saturated heterocycles. The summed E-state index contributed by atoms with van der Waals surface area (Å²) in [4.78, 5) is 29.8. The number of hydrogen-bond donors (Lipinski definition) is 2. The summed E-state index contributed by atoms with van der Waals surface area (Å²) in [7, 11) is 1.60. The first-order chi connectivity index (χ1) is 16.2. The number of nitrogens with two attached hydrogens (primary N) is 1. The number of carbonyl (C=O) groups excluding carboxylic acids is 2. The van der Waals surface area contributed by atoms with Crippen molar-refractivity contribution in [2.75, 3.05) is 26.1 Å². The van der Waals surface area contributed by atoms with Crippen molar-refractivity contribution < 1.29 is 23.8 Å². The lowest BCUT2D eigenvalue weighted by Crippen LogP contribution is -2.40. The van der Waals surface area contributed by atoms with E-state index >= 15 is 0 Å². The molecular formula is C26H31N3O5. The van der Waals surface area contributed by atoms with Gasteiger partial charge >= 0.3 is 5.97 Å². The molecule has 0 atom stereocenters. The number of methoxy groups -OCH3 is 1. The van der Waals surface area contributed by atoms with Gasteiger partial charge in [0.1, 0.15) is 23.7 Å². The highest BCUT2D eigenvalue weighted by Gasteiger charge is 2.29. The maximum absolute atomic E-state index is 12.9. The zero-order chi connectivity index (χ0) is 24.9. The van der Waals surface area contributed by atoms with Gasteiger partial charge in [0.25, 0.3) is 0 Å². The number of rotatable bonds is 9. The van der Waals surface area contributed by atoms with E-state index in [2.05, 4.69) is 10.3 Å². The van der Waals surface area contributed by atoms with Gasteiger partial charge in [0.15, 0.2) is 0 Å². The molecule has 1 amide bonds. The quantitative estimate of drug-likeness (QED) is 0.459. The van der Waals surface area contributed by atoms with Crippen molar-refractivity contribution in [1.82, 2.24) is 10.3 Å². The minimum Gasteiger partial charge on any atom is -0.497 e. The van der Waals surface area contributed by atoms with E-state index in [4.69, 9.17) is 19.9 Å². The van der Waals surface area contributed by atoms with Gasteiger partial charge in [0.05, 0.1) is 41.4 Å². The number of nitrogens with zero attached hydrogens (tertiary/aromatic N) is 1. The highest BCUT2D eigenvalue weighted by Crippen LogP contribution is 2.34. The largest absolute Gasteiger partial charge is 0.497 e. The van der Waals surface area contributed by atoms with Crippen molar-refractivity contribution in [3.8, 4) is 11.5 Å². The van der Waals surface area contributed by atoms with Gasteiger partial charge < -0.3 is 25.3 Å². The number of pyridine rings is 1. The van der Waals surface area contributed by atoms with E-state index in [1.165, 1.54) is 0 Å². The summed E-state index contributed by atoms with van der Waals surface area (Å²) in [6.45, 7) is 7.74. The Bertz CT molecular complexity index is 1210. The van der Waals surface area contributed by atoms with Gasteiger partial charge in [-0.15, -0.1) is 0 Å². The third kappa shape index (κ3) is 5.39. The average Bonchev–Trinajstić information content (AvgIpc) is 2.81. The van der Waals surface area contributed by atoms with E-state index in [1.54, 1.807) is 53.0 Å². The number of aryl methyl sites for hydroxylation is 1. The van der Waals surface area contributed by atoms with E-state index < -0.39 is 11.4 Å². The minimum atomic E-state index is -0.835. The van der Waals surface area contributed by atoms with Crippen molar-refractivity contribution in [3.05, 3.63) is 59.3 Å². The molecule has 3 rings (SSSR count). The van der Waals surface area contributed by atoms with E-state index in [0.29, 0.717) is 28.9 Å². The summed E-state index contributed by atoms with van der Waals surface area (Å²) in [6.07, 6.45) is 0. The van der Waals surface area contributed by atoms with Gasteiger partial charge in [-0.1, -0.05) is 18.2 Å². The molecule has 0 bridgehead atoms. The Hall–Kier alpha value is -3.81. The lowest BCUT2D eigenvalue weighted by atomic mass is 9.93. The van der Waals surface area contributed by atoms with Gasteiger partial charge in [-0.25, -0.2) is 4.79 Å². The maximum atomic E-state index is 12.9. The van der Waals surface area contributed by atoms with Crippen molar-refractivity contribution in [2.24, 2.45) is 5.41 Å². The number of nitrogens with one attached hydrogen (secondary N) is 1. The second-order valence-electron chi connectivity index (χ2n) is 8.56. The number of hydrogen-bond acceptors (Lipinski definition) is 7. The summed E-state index contributed by atoms with van der Waals surface area (Å²) in [5, 5.41) is 3.47. The Morgan fingerprint density at radius 3 is 2.59 bits per heavy atom. The van der Waals surface area contributed by atoms with Crippen molar-refractivity contribution in [1.29, 1.82) is 0 Å². The Balaban J connectivity index is 1.78. The Labute approximate surface area is 199 Å². The average molecular weight is 466 g/mol. The highest BCUT2D eigenvalue weighted by molar-refractivity contribution is 6.07. The second kappa shape index (κ2) is 10.4. The van der Waals surface area contributed by atoms with Gasteiger partial charge in [-0.05, 0) is 57.5 Å². The molecule has 3 N–H and O–H groups in total. The lowest BCUT2D eigenvalue weighted by Gasteiger charge is -2.24. The Morgan fingerprint density at radius 1 is 1.15 bits per heavy atom. The molecule has 0 saturated carbocycles. The number of carbonyl (C=O) groups is 2. The Morgan fingerprint density at radius 2 is 1.88 bits per heavy atom. The molecule has 0 aliphatic carbocycles. The number of amides is 1. The SMILES string of the molecule is CCOC(=O)c1c(C)nc2cccc(OCC(C)(C)C(=O)NCc3cccc(OC)c3)c2c1N.